The van der Waals surface area contributed by atoms with E-state index >= 15 is 0 Å². The molecule has 7 nitrogen and oxygen atoms in total. The summed E-state index contributed by atoms with van der Waals surface area (Å²) in [6.45, 7) is 6.10. The molecule has 1 aliphatic heterocycles. The van der Waals surface area contributed by atoms with Crippen LogP contribution in [-0.2, 0) is 9.53 Å². The van der Waals surface area contributed by atoms with Crippen molar-refractivity contribution in [3.63, 3.8) is 0 Å². The molecule has 0 atom stereocenters. The average molecular weight is 405 g/mol. The van der Waals surface area contributed by atoms with Crippen molar-refractivity contribution in [2.75, 3.05) is 33.4 Å². The average Bonchev–Trinajstić information content (AvgIpc) is 2.73. The highest BCUT2D eigenvalue weighted by molar-refractivity contribution is 5.92. The molecule has 1 N–H and O–H groups in total. The number of methoxy groups -OCH3 is 1. The van der Waals surface area contributed by atoms with Gasteiger partial charge in [0.1, 0.15) is 0 Å². The lowest BCUT2D eigenvalue weighted by Gasteiger charge is -2.31. The summed E-state index contributed by atoms with van der Waals surface area (Å²) in [7, 11) is 1.60. The van der Waals surface area contributed by atoms with Crippen LogP contribution in [0.1, 0.15) is 45.1 Å². The molecule has 7 heteroatoms. The van der Waals surface area contributed by atoms with Gasteiger partial charge in [0, 0.05) is 25.2 Å². The second-order valence-electron chi connectivity index (χ2n) is 6.91. The van der Waals surface area contributed by atoms with Crippen molar-refractivity contribution in [2.45, 2.75) is 45.6 Å². The first-order valence-electron chi connectivity index (χ1n) is 10.3. The number of unbranched alkanes of at least 4 members (excludes halogenated alkanes) is 1. The third-order valence-electron chi connectivity index (χ3n) is 4.74. The predicted molar refractivity (Wildman–Crippen MR) is 112 cm³/mol. The molecule has 0 radical (unpaired) electrons. The van der Waals surface area contributed by atoms with E-state index in [1.807, 2.05) is 18.2 Å². The topological polar surface area (TPSA) is 77.1 Å². The molecule has 1 saturated heterocycles. The minimum Gasteiger partial charge on any atom is -0.493 e. The molecule has 2 rings (SSSR count). The van der Waals surface area contributed by atoms with Gasteiger partial charge < -0.3 is 24.4 Å². The van der Waals surface area contributed by atoms with Crippen molar-refractivity contribution >= 4 is 18.1 Å². The normalized spacial score (nSPS) is 14.7. The number of carbonyl (C=O) groups is 2. The zero-order chi connectivity index (χ0) is 21.1. The van der Waals surface area contributed by atoms with Crippen LogP contribution in [0.15, 0.2) is 24.3 Å². The van der Waals surface area contributed by atoms with Crippen molar-refractivity contribution in [1.82, 2.24) is 10.2 Å². The van der Waals surface area contributed by atoms with Crippen molar-refractivity contribution in [2.24, 2.45) is 0 Å². The number of piperidine rings is 1. The van der Waals surface area contributed by atoms with Crippen LogP contribution in [0.4, 0.5) is 4.79 Å². The molecule has 0 saturated carbocycles. The highest BCUT2D eigenvalue weighted by atomic mass is 16.6. The maximum atomic E-state index is 12.2. The fourth-order valence-electron chi connectivity index (χ4n) is 3.08. The van der Waals surface area contributed by atoms with Gasteiger partial charge in [-0.3, -0.25) is 4.79 Å². The van der Waals surface area contributed by atoms with Crippen LogP contribution in [-0.4, -0.2) is 56.4 Å². The van der Waals surface area contributed by atoms with Crippen molar-refractivity contribution < 1.29 is 23.8 Å². The molecule has 29 heavy (non-hydrogen) atoms. The minimum absolute atomic E-state index is 0.0571. The van der Waals surface area contributed by atoms with Crippen LogP contribution in [0.25, 0.3) is 6.08 Å². The lowest BCUT2D eigenvalue weighted by Crippen LogP contribution is -2.46. The van der Waals surface area contributed by atoms with Gasteiger partial charge in [0.15, 0.2) is 11.5 Å². The standard InChI is InChI=1S/C22H32N2O5/c1-4-6-15-29-19-9-7-17(16-20(19)27-3)8-10-21(25)23-18-11-13-24(14-12-18)22(26)28-5-2/h7-10,16,18H,4-6,11-15H2,1-3H3,(H,23,25)/b10-8+. The largest absolute Gasteiger partial charge is 0.493 e. The monoisotopic (exact) mass is 404 g/mol. The summed E-state index contributed by atoms with van der Waals surface area (Å²) >= 11 is 0. The summed E-state index contributed by atoms with van der Waals surface area (Å²) in [6.07, 6.45) is 6.48. The molecule has 0 aliphatic carbocycles. The van der Waals surface area contributed by atoms with Gasteiger partial charge in [-0.05, 0) is 50.0 Å². The molecule has 0 unspecified atom stereocenters. The molecule has 1 fully saturated rings. The number of hydrogen-bond donors (Lipinski definition) is 1. The number of carbonyl (C=O) groups excluding carboxylic acids is 2. The van der Waals surface area contributed by atoms with Gasteiger partial charge in [0.25, 0.3) is 0 Å². The lowest BCUT2D eigenvalue weighted by molar-refractivity contribution is -0.117. The highest BCUT2D eigenvalue weighted by Gasteiger charge is 2.24. The summed E-state index contributed by atoms with van der Waals surface area (Å²) in [5, 5.41) is 2.99. The molecule has 1 aromatic rings. The fourth-order valence-corrected chi connectivity index (χ4v) is 3.08. The van der Waals surface area contributed by atoms with E-state index < -0.39 is 0 Å². The first kappa shape index (κ1) is 22.6. The number of amides is 2. The molecular formula is C22H32N2O5. The van der Waals surface area contributed by atoms with Gasteiger partial charge in [-0.1, -0.05) is 19.4 Å². The predicted octanol–water partition coefficient (Wildman–Crippen LogP) is 3.62. The first-order valence-corrected chi connectivity index (χ1v) is 10.3. The summed E-state index contributed by atoms with van der Waals surface area (Å²) < 4.78 is 16.1. The van der Waals surface area contributed by atoms with Crippen LogP contribution < -0.4 is 14.8 Å². The first-order chi connectivity index (χ1) is 14.1. The smallest absolute Gasteiger partial charge is 0.409 e. The fraction of sp³-hybridized carbons (Fsp3) is 0.545. The van der Waals surface area contributed by atoms with E-state index in [2.05, 4.69) is 12.2 Å². The van der Waals surface area contributed by atoms with E-state index in [4.69, 9.17) is 14.2 Å². The summed E-state index contributed by atoms with van der Waals surface area (Å²) in [5.41, 5.74) is 0.858. The van der Waals surface area contributed by atoms with E-state index in [1.165, 1.54) is 6.08 Å². The molecule has 160 valence electrons. The SMILES string of the molecule is CCCCOc1ccc(/C=C/C(=O)NC2CCN(C(=O)OCC)CC2)cc1OC. The van der Waals surface area contributed by atoms with Gasteiger partial charge in [0.2, 0.25) is 5.91 Å². The summed E-state index contributed by atoms with van der Waals surface area (Å²) in [4.78, 5) is 25.6. The molecule has 1 aliphatic rings. The maximum absolute atomic E-state index is 12.2. The Morgan fingerprint density at radius 3 is 2.62 bits per heavy atom. The van der Waals surface area contributed by atoms with Crippen LogP contribution in [0.5, 0.6) is 11.5 Å². The van der Waals surface area contributed by atoms with Gasteiger partial charge in [-0.25, -0.2) is 4.79 Å². The Morgan fingerprint density at radius 2 is 1.97 bits per heavy atom. The van der Waals surface area contributed by atoms with Crippen LogP contribution in [0, 0.1) is 0 Å². The Labute approximate surface area is 173 Å². The number of hydrogen-bond acceptors (Lipinski definition) is 5. The molecular weight excluding hydrogens is 372 g/mol. The third-order valence-corrected chi connectivity index (χ3v) is 4.74. The highest BCUT2D eigenvalue weighted by Crippen LogP contribution is 2.28. The Kier molecular flexibility index (Phi) is 9.34. The van der Waals surface area contributed by atoms with E-state index in [0.717, 1.165) is 31.2 Å². The van der Waals surface area contributed by atoms with Gasteiger partial charge >= 0.3 is 6.09 Å². The Morgan fingerprint density at radius 1 is 1.21 bits per heavy atom. The van der Waals surface area contributed by atoms with E-state index in [1.54, 1.807) is 25.0 Å². The molecule has 1 heterocycles. The van der Waals surface area contributed by atoms with Gasteiger partial charge in [0.05, 0.1) is 20.3 Å². The Bertz CT molecular complexity index is 696. The lowest BCUT2D eigenvalue weighted by atomic mass is 10.1. The number of likely N-dealkylation sites (tertiary alicyclic amines) is 1. The van der Waals surface area contributed by atoms with E-state index in [-0.39, 0.29) is 18.0 Å². The third kappa shape index (κ3) is 7.33. The summed E-state index contributed by atoms with van der Waals surface area (Å²) in [6, 6.07) is 5.66. The van der Waals surface area contributed by atoms with Crippen molar-refractivity contribution in [1.29, 1.82) is 0 Å². The molecule has 2 amide bonds. The van der Waals surface area contributed by atoms with Crippen LogP contribution in [0.2, 0.25) is 0 Å². The zero-order valence-corrected chi connectivity index (χ0v) is 17.6. The minimum atomic E-state index is -0.284. The quantitative estimate of drug-likeness (QED) is 0.502. The van der Waals surface area contributed by atoms with Crippen molar-refractivity contribution in [3.05, 3.63) is 29.8 Å². The molecule has 1 aromatic carbocycles. The molecule has 0 aromatic heterocycles. The maximum Gasteiger partial charge on any atom is 0.409 e. The van der Waals surface area contributed by atoms with Crippen LogP contribution in [0.3, 0.4) is 0 Å². The van der Waals surface area contributed by atoms with Gasteiger partial charge in [-0.2, -0.15) is 0 Å². The number of nitrogens with zero attached hydrogens (tertiary/aromatic N) is 1. The summed E-state index contributed by atoms with van der Waals surface area (Å²) in [5.74, 6) is 1.20. The number of benzene rings is 1. The second-order valence-corrected chi connectivity index (χ2v) is 6.91. The molecule has 0 bridgehead atoms. The Hall–Kier alpha value is -2.70. The van der Waals surface area contributed by atoms with E-state index in [0.29, 0.717) is 37.8 Å². The number of rotatable bonds is 9. The van der Waals surface area contributed by atoms with Crippen LogP contribution >= 0.6 is 0 Å². The number of ether oxygens (including phenoxy) is 3. The zero-order valence-electron chi connectivity index (χ0n) is 17.6. The van der Waals surface area contributed by atoms with Gasteiger partial charge in [-0.15, -0.1) is 0 Å². The molecule has 0 spiro atoms. The number of nitrogens with one attached hydrogen (secondary N) is 1. The van der Waals surface area contributed by atoms with E-state index in [9.17, 15) is 9.59 Å². The second kappa shape index (κ2) is 12.0. The Balaban J connectivity index is 1.83. The van der Waals surface area contributed by atoms with Crippen molar-refractivity contribution in [3.8, 4) is 11.5 Å².